The maximum atomic E-state index is 13.0. The van der Waals surface area contributed by atoms with E-state index in [0.717, 1.165) is 0 Å². The van der Waals surface area contributed by atoms with E-state index < -0.39 is 40.8 Å². The van der Waals surface area contributed by atoms with Crippen LogP contribution in [-0.4, -0.2) is 31.8 Å². The molecular formula is C12H17FN2O5. The highest BCUT2D eigenvalue weighted by Crippen LogP contribution is 2.25. The van der Waals surface area contributed by atoms with Crippen LogP contribution in [0.2, 0.25) is 0 Å². The normalized spacial score (nSPS) is 12.3. The molecule has 0 saturated heterocycles. The second-order valence-electron chi connectivity index (χ2n) is 5.41. The van der Waals surface area contributed by atoms with E-state index in [1.807, 2.05) is 0 Å². The monoisotopic (exact) mass is 288 g/mol. The van der Waals surface area contributed by atoms with Crippen LogP contribution in [0.1, 0.15) is 27.7 Å². The van der Waals surface area contributed by atoms with Gasteiger partial charge in [-0.2, -0.15) is 4.39 Å². The molecule has 1 aromatic heterocycles. The lowest BCUT2D eigenvalue weighted by atomic mass is 9.89. The maximum Gasteiger partial charge on any atom is 0.329 e. The zero-order valence-electron chi connectivity index (χ0n) is 11.7. The van der Waals surface area contributed by atoms with Gasteiger partial charge in [-0.25, -0.2) is 4.79 Å². The van der Waals surface area contributed by atoms with E-state index in [2.05, 4.69) is 0 Å². The van der Waals surface area contributed by atoms with Crippen LogP contribution in [0.5, 0.6) is 0 Å². The van der Waals surface area contributed by atoms with Crippen molar-refractivity contribution in [1.29, 1.82) is 0 Å². The summed E-state index contributed by atoms with van der Waals surface area (Å²) in [7, 11) is 0. The van der Waals surface area contributed by atoms with Gasteiger partial charge in [0, 0.05) is 0 Å². The first-order valence-corrected chi connectivity index (χ1v) is 5.87. The molecule has 0 aliphatic carbocycles. The minimum Gasteiger partial charge on any atom is -0.455 e. The molecule has 0 saturated carbocycles. The molecule has 112 valence electrons. The van der Waals surface area contributed by atoms with Crippen LogP contribution < -0.4 is 11.2 Å². The van der Waals surface area contributed by atoms with Gasteiger partial charge in [0.05, 0.1) is 11.8 Å². The Bertz CT molecular complexity index is 624. The number of carbonyl (C=O) groups excluding carboxylic acids is 1. The summed E-state index contributed by atoms with van der Waals surface area (Å²) in [6, 6.07) is 0. The molecule has 0 unspecified atom stereocenters. The highest BCUT2D eigenvalue weighted by atomic mass is 19.1. The lowest BCUT2D eigenvalue weighted by Crippen LogP contribution is -2.49. The summed E-state index contributed by atoms with van der Waals surface area (Å²) in [4.78, 5) is 35.7. The Morgan fingerprint density at radius 3 is 2.45 bits per heavy atom. The molecule has 0 atom stereocenters. The van der Waals surface area contributed by atoms with E-state index in [9.17, 15) is 23.9 Å². The van der Waals surface area contributed by atoms with Crippen molar-refractivity contribution in [2.75, 3.05) is 0 Å². The predicted octanol–water partition coefficient (Wildman–Crippen LogP) is -0.232. The molecule has 0 aliphatic rings. The Morgan fingerprint density at radius 2 is 1.95 bits per heavy atom. The van der Waals surface area contributed by atoms with Gasteiger partial charge in [-0.05, 0) is 27.7 Å². The Kier molecular flexibility index (Phi) is 4.18. The molecule has 1 heterocycles. The summed E-state index contributed by atoms with van der Waals surface area (Å²) in [5.74, 6) is -2.02. The molecule has 8 heteroatoms. The fourth-order valence-corrected chi connectivity index (χ4v) is 1.18. The van der Waals surface area contributed by atoms with Crippen molar-refractivity contribution in [2.24, 2.45) is 0 Å². The number of nitrogens with zero attached hydrogens (tertiary/aromatic N) is 1. The maximum absolute atomic E-state index is 13.0. The third-order valence-electron chi connectivity index (χ3n) is 3.11. The lowest BCUT2D eigenvalue weighted by Gasteiger charge is -2.36. The van der Waals surface area contributed by atoms with Crippen molar-refractivity contribution >= 4 is 5.97 Å². The molecule has 0 radical (unpaired) electrons. The number of H-pyrrole nitrogens is 1. The van der Waals surface area contributed by atoms with Crippen LogP contribution >= 0.6 is 0 Å². The molecule has 0 aromatic carbocycles. The van der Waals surface area contributed by atoms with Gasteiger partial charge in [-0.1, -0.05) is 0 Å². The van der Waals surface area contributed by atoms with E-state index in [0.29, 0.717) is 10.8 Å². The molecule has 2 N–H and O–H groups in total. The van der Waals surface area contributed by atoms with Crippen LogP contribution in [-0.2, 0) is 16.1 Å². The predicted molar refractivity (Wildman–Crippen MR) is 67.7 cm³/mol. The highest BCUT2D eigenvalue weighted by molar-refractivity contribution is 5.69. The minimum atomic E-state index is -1.30. The highest BCUT2D eigenvalue weighted by Gasteiger charge is 2.38. The molecule has 0 aliphatic heterocycles. The van der Waals surface area contributed by atoms with Crippen LogP contribution in [0, 0.1) is 5.82 Å². The summed E-state index contributed by atoms with van der Waals surface area (Å²) >= 11 is 0. The number of halogens is 1. The molecule has 0 amide bonds. The van der Waals surface area contributed by atoms with Crippen molar-refractivity contribution in [1.82, 2.24) is 9.55 Å². The first kappa shape index (κ1) is 16.1. The zero-order valence-corrected chi connectivity index (χ0v) is 11.7. The number of aromatic nitrogens is 2. The molecule has 0 spiro atoms. The van der Waals surface area contributed by atoms with Crippen LogP contribution in [0.3, 0.4) is 0 Å². The minimum absolute atomic E-state index is 0.577. The van der Waals surface area contributed by atoms with Gasteiger partial charge in [0.1, 0.15) is 12.1 Å². The van der Waals surface area contributed by atoms with E-state index >= 15 is 0 Å². The molecule has 1 rings (SSSR count). The standard InChI is InChI=1S/C12H17FN2O5/c1-11(2,19)12(3,4)20-8(16)6-15-5-7(13)9(17)14-10(15)18/h5,19H,6H2,1-4H3,(H,14,17,18). The number of aliphatic hydroxyl groups is 1. The summed E-state index contributed by atoms with van der Waals surface area (Å²) in [6.45, 7) is 5.35. The zero-order chi connectivity index (χ0) is 15.7. The fraction of sp³-hybridized carbons (Fsp3) is 0.583. The second kappa shape index (κ2) is 5.20. The van der Waals surface area contributed by atoms with Gasteiger partial charge >= 0.3 is 11.7 Å². The Morgan fingerprint density at radius 1 is 1.40 bits per heavy atom. The summed E-state index contributed by atoms with van der Waals surface area (Å²) < 4.78 is 18.8. The number of carbonyl (C=O) groups is 1. The van der Waals surface area contributed by atoms with Gasteiger partial charge in [0.2, 0.25) is 5.82 Å². The first-order chi connectivity index (χ1) is 8.94. The summed E-state index contributed by atoms with van der Waals surface area (Å²) in [5.41, 5.74) is -4.58. The number of hydrogen-bond donors (Lipinski definition) is 2. The summed E-state index contributed by atoms with van der Waals surface area (Å²) in [6.07, 6.45) is 0.625. The van der Waals surface area contributed by atoms with Crippen LogP contribution in [0.25, 0.3) is 0 Å². The lowest BCUT2D eigenvalue weighted by molar-refractivity contribution is -0.181. The molecule has 7 nitrogen and oxygen atoms in total. The number of hydrogen-bond acceptors (Lipinski definition) is 5. The van der Waals surface area contributed by atoms with E-state index in [1.54, 1.807) is 4.98 Å². The number of nitrogens with one attached hydrogen (secondary N) is 1. The Hall–Kier alpha value is -1.96. The van der Waals surface area contributed by atoms with E-state index in [1.165, 1.54) is 27.7 Å². The van der Waals surface area contributed by atoms with Crippen LogP contribution in [0.4, 0.5) is 4.39 Å². The van der Waals surface area contributed by atoms with E-state index in [4.69, 9.17) is 4.74 Å². The van der Waals surface area contributed by atoms with Crippen molar-refractivity contribution in [3.05, 3.63) is 32.9 Å². The number of rotatable bonds is 4. The van der Waals surface area contributed by atoms with Gasteiger partial charge in [-0.3, -0.25) is 19.1 Å². The van der Waals surface area contributed by atoms with Gasteiger partial charge in [-0.15, -0.1) is 0 Å². The number of aromatic amines is 1. The second-order valence-corrected chi connectivity index (χ2v) is 5.41. The fourth-order valence-electron chi connectivity index (χ4n) is 1.18. The molecule has 0 fully saturated rings. The van der Waals surface area contributed by atoms with E-state index in [-0.39, 0.29) is 0 Å². The van der Waals surface area contributed by atoms with Crippen molar-refractivity contribution in [3.8, 4) is 0 Å². The largest absolute Gasteiger partial charge is 0.455 e. The van der Waals surface area contributed by atoms with Crippen molar-refractivity contribution < 1.29 is 19.0 Å². The molecular weight excluding hydrogens is 271 g/mol. The van der Waals surface area contributed by atoms with Gasteiger partial charge in [0.15, 0.2) is 0 Å². The topological polar surface area (TPSA) is 101 Å². The van der Waals surface area contributed by atoms with Crippen molar-refractivity contribution in [3.63, 3.8) is 0 Å². The average molecular weight is 288 g/mol. The molecule has 1 aromatic rings. The van der Waals surface area contributed by atoms with Crippen molar-refractivity contribution in [2.45, 2.75) is 45.4 Å². The number of ether oxygens (including phenoxy) is 1. The quantitative estimate of drug-likeness (QED) is 0.745. The SMILES string of the molecule is CC(C)(O)C(C)(C)OC(=O)Cn1cc(F)c(=O)[nH]c1=O. The molecule has 0 bridgehead atoms. The Balaban J connectivity index is 2.91. The smallest absolute Gasteiger partial charge is 0.329 e. The summed E-state index contributed by atoms with van der Waals surface area (Å²) in [5, 5.41) is 9.84. The molecule has 20 heavy (non-hydrogen) atoms. The van der Waals surface area contributed by atoms with Gasteiger partial charge in [0.25, 0.3) is 5.56 Å². The third kappa shape index (κ3) is 3.53. The first-order valence-electron chi connectivity index (χ1n) is 5.87. The third-order valence-corrected chi connectivity index (χ3v) is 3.11. The Labute approximate surface area is 114 Å². The van der Waals surface area contributed by atoms with Crippen LogP contribution in [0.15, 0.2) is 15.8 Å². The average Bonchev–Trinajstić information content (AvgIpc) is 2.23. The number of esters is 1. The van der Waals surface area contributed by atoms with Gasteiger partial charge < -0.3 is 9.84 Å².